The molecule has 2 aliphatic heterocycles. The summed E-state index contributed by atoms with van der Waals surface area (Å²) in [7, 11) is 1.82. The Bertz CT molecular complexity index is 553. The van der Waals surface area contributed by atoms with Crippen LogP contribution in [0.25, 0.3) is 0 Å². The molecular formula is C16H21ClN2O3. The average Bonchev–Trinajstić information content (AvgIpc) is 2.55. The Labute approximate surface area is 135 Å². The lowest BCUT2D eigenvalue weighted by molar-refractivity contribution is -0.160. The summed E-state index contributed by atoms with van der Waals surface area (Å²) in [5.41, 5.74) is 1.05. The first kappa shape index (κ1) is 15.6. The molecule has 1 aromatic carbocycles. The lowest BCUT2D eigenvalue weighted by atomic mass is 9.94. The third-order valence-corrected chi connectivity index (χ3v) is 4.64. The van der Waals surface area contributed by atoms with Gasteiger partial charge in [-0.1, -0.05) is 11.6 Å². The van der Waals surface area contributed by atoms with Crippen molar-refractivity contribution in [3.05, 3.63) is 28.8 Å². The van der Waals surface area contributed by atoms with Crippen molar-refractivity contribution in [2.75, 3.05) is 45.3 Å². The fraction of sp³-hybridized carbons (Fsp3) is 0.562. The number of morpholine rings is 1. The molecule has 0 radical (unpaired) electrons. The maximum absolute atomic E-state index is 12.8. The zero-order valence-electron chi connectivity index (χ0n) is 12.7. The molecule has 1 atom stereocenters. The van der Waals surface area contributed by atoms with Crippen LogP contribution in [0.4, 0.5) is 5.69 Å². The number of hydrogen-bond acceptors (Lipinski definition) is 4. The van der Waals surface area contributed by atoms with Gasteiger partial charge in [0.25, 0.3) is 5.91 Å². The molecular weight excluding hydrogens is 304 g/mol. The molecule has 0 aromatic heterocycles. The van der Waals surface area contributed by atoms with E-state index in [4.69, 9.17) is 21.1 Å². The Hall–Kier alpha value is -1.30. The molecule has 6 heteroatoms. The van der Waals surface area contributed by atoms with Crippen LogP contribution in [0.3, 0.4) is 0 Å². The van der Waals surface area contributed by atoms with Crippen molar-refractivity contribution in [2.45, 2.75) is 18.4 Å². The van der Waals surface area contributed by atoms with E-state index in [9.17, 15) is 4.79 Å². The molecule has 22 heavy (non-hydrogen) atoms. The molecule has 2 fully saturated rings. The number of halogens is 1. The largest absolute Gasteiger partial charge is 0.388 e. The average molecular weight is 325 g/mol. The molecule has 1 spiro atoms. The second-order valence-corrected chi connectivity index (χ2v) is 6.27. The van der Waals surface area contributed by atoms with Crippen LogP contribution < -0.4 is 5.32 Å². The molecule has 0 aliphatic carbocycles. The van der Waals surface area contributed by atoms with Crippen molar-refractivity contribution < 1.29 is 14.3 Å². The number of hydrogen-bond donors (Lipinski definition) is 1. The molecule has 1 unspecified atom stereocenters. The molecule has 2 aliphatic rings. The highest BCUT2D eigenvalue weighted by Gasteiger charge is 2.40. The van der Waals surface area contributed by atoms with Gasteiger partial charge >= 0.3 is 0 Å². The minimum absolute atomic E-state index is 0.0460. The highest BCUT2D eigenvalue weighted by Crippen LogP contribution is 2.29. The summed E-state index contributed by atoms with van der Waals surface area (Å²) in [6.07, 6.45) is 1.90. The lowest BCUT2D eigenvalue weighted by Crippen LogP contribution is -2.57. The molecule has 120 valence electrons. The van der Waals surface area contributed by atoms with Gasteiger partial charge in [0, 0.05) is 25.9 Å². The molecule has 1 aromatic rings. The monoisotopic (exact) mass is 324 g/mol. The fourth-order valence-electron chi connectivity index (χ4n) is 3.10. The highest BCUT2D eigenvalue weighted by molar-refractivity contribution is 6.34. The van der Waals surface area contributed by atoms with E-state index in [1.54, 1.807) is 12.1 Å². The van der Waals surface area contributed by atoms with Gasteiger partial charge in [0.15, 0.2) is 0 Å². The van der Waals surface area contributed by atoms with E-state index < -0.39 is 0 Å². The van der Waals surface area contributed by atoms with Crippen LogP contribution in [-0.2, 0) is 9.47 Å². The first-order valence-electron chi connectivity index (χ1n) is 7.62. The van der Waals surface area contributed by atoms with Crippen LogP contribution in [0.1, 0.15) is 23.2 Å². The number of ether oxygens (including phenoxy) is 2. The van der Waals surface area contributed by atoms with Crippen molar-refractivity contribution in [2.24, 2.45) is 0 Å². The van der Waals surface area contributed by atoms with E-state index in [-0.39, 0.29) is 11.5 Å². The number of carbonyl (C=O) groups is 1. The number of rotatable bonds is 2. The van der Waals surface area contributed by atoms with Crippen LogP contribution in [0.5, 0.6) is 0 Å². The van der Waals surface area contributed by atoms with Gasteiger partial charge in [-0.25, -0.2) is 0 Å². The summed E-state index contributed by atoms with van der Waals surface area (Å²) >= 11 is 6.21. The summed E-state index contributed by atoms with van der Waals surface area (Å²) in [5, 5.41) is 3.51. The summed E-state index contributed by atoms with van der Waals surface area (Å²) in [6, 6.07) is 5.40. The lowest BCUT2D eigenvalue weighted by Gasteiger charge is -2.44. The third-order valence-electron chi connectivity index (χ3n) is 4.31. The van der Waals surface area contributed by atoms with Crippen molar-refractivity contribution >= 4 is 23.2 Å². The quantitative estimate of drug-likeness (QED) is 0.907. The fourth-order valence-corrected chi connectivity index (χ4v) is 3.30. The van der Waals surface area contributed by atoms with E-state index >= 15 is 0 Å². The Morgan fingerprint density at radius 2 is 2.27 bits per heavy atom. The molecule has 0 saturated carbocycles. The molecule has 5 nitrogen and oxygen atoms in total. The van der Waals surface area contributed by atoms with Crippen molar-refractivity contribution in [3.63, 3.8) is 0 Å². The summed E-state index contributed by atoms with van der Waals surface area (Å²) in [6.45, 7) is 3.02. The first-order valence-corrected chi connectivity index (χ1v) is 8.00. The minimum Gasteiger partial charge on any atom is -0.388 e. The van der Waals surface area contributed by atoms with E-state index in [2.05, 4.69) is 5.32 Å². The molecule has 0 bridgehead atoms. The topological polar surface area (TPSA) is 50.8 Å². The Balaban J connectivity index is 1.79. The number of nitrogens with one attached hydrogen (secondary N) is 1. The smallest absolute Gasteiger partial charge is 0.255 e. The maximum atomic E-state index is 12.8. The van der Waals surface area contributed by atoms with Gasteiger partial charge in [-0.05, 0) is 31.0 Å². The predicted octanol–water partition coefficient (Wildman–Crippen LogP) is 2.40. The highest BCUT2D eigenvalue weighted by atomic mass is 35.5. The van der Waals surface area contributed by atoms with Crippen LogP contribution >= 0.6 is 11.6 Å². The number of nitrogens with zero attached hydrogens (tertiary/aromatic N) is 1. The Kier molecular flexibility index (Phi) is 4.57. The minimum atomic E-state index is -0.348. The predicted molar refractivity (Wildman–Crippen MR) is 85.6 cm³/mol. The maximum Gasteiger partial charge on any atom is 0.255 e. The standard InChI is InChI=1S/C16H21ClN2O3/c1-18-12-3-4-14(17)13(9-12)15(20)19-6-8-22-16(10-19)5-2-7-21-11-16/h3-4,9,18H,2,5-8,10-11H2,1H3. The van der Waals surface area contributed by atoms with Gasteiger partial charge in [0.2, 0.25) is 0 Å². The van der Waals surface area contributed by atoms with Gasteiger partial charge in [0.05, 0.1) is 30.3 Å². The second-order valence-electron chi connectivity index (χ2n) is 5.86. The van der Waals surface area contributed by atoms with E-state index in [1.165, 1.54) is 0 Å². The Morgan fingerprint density at radius 1 is 1.41 bits per heavy atom. The van der Waals surface area contributed by atoms with Crippen LogP contribution in [0.15, 0.2) is 18.2 Å². The molecule has 1 N–H and O–H groups in total. The molecule has 2 heterocycles. The van der Waals surface area contributed by atoms with Gasteiger partial charge in [-0.2, -0.15) is 0 Å². The normalized spacial score (nSPS) is 25.3. The number of amides is 1. The van der Waals surface area contributed by atoms with Crippen molar-refractivity contribution in [3.8, 4) is 0 Å². The summed E-state index contributed by atoms with van der Waals surface area (Å²) in [5.74, 6) is -0.0460. The molecule has 2 saturated heterocycles. The van der Waals surface area contributed by atoms with Gasteiger partial charge in [-0.15, -0.1) is 0 Å². The van der Waals surface area contributed by atoms with Crippen molar-refractivity contribution in [1.29, 1.82) is 0 Å². The molecule has 1 amide bonds. The SMILES string of the molecule is CNc1ccc(Cl)c(C(=O)N2CCOC3(CCCOC3)C2)c1. The zero-order chi connectivity index (χ0) is 15.6. The van der Waals surface area contributed by atoms with Crippen LogP contribution in [0, 0.1) is 0 Å². The van der Waals surface area contributed by atoms with Crippen molar-refractivity contribution in [1.82, 2.24) is 4.90 Å². The summed E-state index contributed by atoms with van der Waals surface area (Å²) in [4.78, 5) is 14.7. The van der Waals surface area contributed by atoms with E-state index in [0.29, 0.717) is 36.9 Å². The number of benzene rings is 1. The second kappa shape index (κ2) is 6.44. The third kappa shape index (κ3) is 3.07. The summed E-state index contributed by atoms with van der Waals surface area (Å²) < 4.78 is 11.5. The van der Waals surface area contributed by atoms with E-state index in [0.717, 1.165) is 25.1 Å². The van der Waals surface area contributed by atoms with Crippen LogP contribution in [-0.4, -0.2) is 56.4 Å². The van der Waals surface area contributed by atoms with Gasteiger partial charge < -0.3 is 19.7 Å². The van der Waals surface area contributed by atoms with Gasteiger partial charge in [0.1, 0.15) is 5.60 Å². The number of anilines is 1. The molecule has 3 rings (SSSR count). The number of carbonyl (C=O) groups excluding carboxylic acids is 1. The van der Waals surface area contributed by atoms with Gasteiger partial charge in [-0.3, -0.25) is 4.79 Å². The van der Waals surface area contributed by atoms with E-state index in [1.807, 2.05) is 18.0 Å². The van der Waals surface area contributed by atoms with Crippen LogP contribution in [0.2, 0.25) is 5.02 Å². The first-order chi connectivity index (χ1) is 10.6. The zero-order valence-corrected chi connectivity index (χ0v) is 13.5. The Morgan fingerprint density at radius 3 is 3.00 bits per heavy atom.